The van der Waals surface area contributed by atoms with E-state index >= 15 is 0 Å². The molecule has 16 heavy (non-hydrogen) atoms. The van der Waals surface area contributed by atoms with Gasteiger partial charge in [-0.15, -0.1) is 0 Å². The van der Waals surface area contributed by atoms with E-state index in [-0.39, 0.29) is 11.9 Å². The van der Waals surface area contributed by atoms with E-state index in [1.807, 2.05) is 0 Å². The van der Waals surface area contributed by atoms with Crippen LogP contribution in [-0.4, -0.2) is 44.9 Å². The maximum absolute atomic E-state index is 11.7. The fourth-order valence-corrected chi connectivity index (χ4v) is 1.74. The normalized spacial score (nSPS) is 22.8. The van der Waals surface area contributed by atoms with Crippen LogP contribution in [0.15, 0.2) is 0 Å². The van der Waals surface area contributed by atoms with E-state index in [1.54, 1.807) is 7.11 Å². The summed E-state index contributed by atoms with van der Waals surface area (Å²) in [6.45, 7) is 2.05. The lowest BCUT2D eigenvalue weighted by molar-refractivity contribution is -0.124. The van der Waals surface area contributed by atoms with Crippen molar-refractivity contribution in [2.45, 2.75) is 37.8 Å². The van der Waals surface area contributed by atoms with Gasteiger partial charge in [-0.2, -0.15) is 0 Å². The molecule has 0 aromatic rings. The molecule has 2 unspecified atom stereocenters. The predicted molar refractivity (Wildman–Crippen MR) is 61.1 cm³/mol. The van der Waals surface area contributed by atoms with E-state index in [9.17, 15) is 4.79 Å². The Morgan fingerprint density at radius 1 is 1.69 bits per heavy atom. The summed E-state index contributed by atoms with van der Waals surface area (Å²) in [5.74, 6) is -0.0772. The van der Waals surface area contributed by atoms with E-state index in [0.717, 1.165) is 25.9 Å². The third-order valence-electron chi connectivity index (χ3n) is 2.71. The van der Waals surface area contributed by atoms with Crippen molar-refractivity contribution in [1.82, 2.24) is 5.32 Å². The molecule has 0 aromatic carbocycles. The van der Waals surface area contributed by atoms with Crippen LogP contribution >= 0.6 is 0 Å². The van der Waals surface area contributed by atoms with Crippen LogP contribution < -0.4 is 11.1 Å². The molecule has 1 rings (SSSR count). The third kappa shape index (κ3) is 4.92. The van der Waals surface area contributed by atoms with Gasteiger partial charge in [0.1, 0.15) is 0 Å². The minimum atomic E-state index is -0.433. The van der Waals surface area contributed by atoms with Crippen LogP contribution in [0.2, 0.25) is 0 Å². The average Bonchev–Trinajstić information content (AvgIpc) is 2.30. The van der Waals surface area contributed by atoms with Crippen LogP contribution in [0, 0.1) is 0 Å². The summed E-state index contributed by atoms with van der Waals surface area (Å²) in [6, 6.07) is -0.299. The minimum Gasteiger partial charge on any atom is -0.385 e. The first-order valence-corrected chi connectivity index (χ1v) is 5.86. The highest BCUT2D eigenvalue weighted by Gasteiger charge is 2.19. The van der Waals surface area contributed by atoms with E-state index in [2.05, 4.69) is 5.32 Å². The fourth-order valence-electron chi connectivity index (χ4n) is 1.74. The van der Waals surface area contributed by atoms with Crippen LogP contribution in [0.3, 0.4) is 0 Å². The molecule has 5 heteroatoms. The quantitative estimate of drug-likeness (QED) is 0.632. The fraction of sp³-hybridized carbons (Fsp3) is 0.909. The lowest BCUT2D eigenvalue weighted by Gasteiger charge is -2.24. The molecular formula is C11H22N2O3. The minimum absolute atomic E-state index is 0.0772. The van der Waals surface area contributed by atoms with Gasteiger partial charge in [0, 0.05) is 20.3 Å². The van der Waals surface area contributed by atoms with Gasteiger partial charge >= 0.3 is 0 Å². The highest BCUT2D eigenvalue weighted by Crippen LogP contribution is 2.06. The molecule has 1 fully saturated rings. The molecule has 0 spiro atoms. The summed E-state index contributed by atoms with van der Waals surface area (Å²) in [4.78, 5) is 11.7. The van der Waals surface area contributed by atoms with Crippen LogP contribution in [0.25, 0.3) is 0 Å². The first kappa shape index (κ1) is 13.4. The number of methoxy groups -OCH3 is 1. The van der Waals surface area contributed by atoms with Gasteiger partial charge in [0.25, 0.3) is 0 Å². The molecule has 0 radical (unpaired) electrons. The first-order valence-electron chi connectivity index (χ1n) is 5.86. The highest BCUT2D eigenvalue weighted by atomic mass is 16.5. The molecule has 5 nitrogen and oxygen atoms in total. The Bertz CT molecular complexity index is 205. The molecule has 1 amide bonds. The highest BCUT2D eigenvalue weighted by molar-refractivity contribution is 5.81. The van der Waals surface area contributed by atoms with Gasteiger partial charge < -0.3 is 20.5 Å². The SMILES string of the molecule is COCCCC(N)C(=O)NC1CCCOC1. The lowest BCUT2D eigenvalue weighted by atomic mass is 10.1. The molecule has 94 valence electrons. The van der Waals surface area contributed by atoms with Gasteiger partial charge in [-0.3, -0.25) is 4.79 Å². The summed E-state index contributed by atoms with van der Waals surface area (Å²) in [6.07, 6.45) is 3.46. The third-order valence-corrected chi connectivity index (χ3v) is 2.71. The molecule has 2 atom stereocenters. The number of hydrogen-bond donors (Lipinski definition) is 2. The zero-order valence-corrected chi connectivity index (χ0v) is 9.91. The van der Waals surface area contributed by atoms with Crippen molar-refractivity contribution >= 4 is 5.91 Å². The summed E-state index contributed by atoms with van der Waals surface area (Å²) in [5.41, 5.74) is 5.77. The average molecular weight is 230 g/mol. The van der Waals surface area contributed by atoms with E-state index < -0.39 is 6.04 Å². The largest absolute Gasteiger partial charge is 0.385 e. The Labute approximate surface area is 96.7 Å². The number of nitrogens with two attached hydrogens (primary N) is 1. The number of nitrogens with one attached hydrogen (secondary N) is 1. The molecule has 3 N–H and O–H groups in total. The lowest BCUT2D eigenvalue weighted by Crippen LogP contribution is -2.48. The molecule has 0 aromatic heterocycles. The number of carbonyl (C=O) groups is 1. The van der Waals surface area contributed by atoms with Crippen molar-refractivity contribution in [1.29, 1.82) is 0 Å². The van der Waals surface area contributed by atoms with Crippen LogP contribution in [0.1, 0.15) is 25.7 Å². The molecule has 0 saturated carbocycles. The molecule has 1 heterocycles. The zero-order chi connectivity index (χ0) is 11.8. The Kier molecular flexibility index (Phi) is 6.37. The van der Waals surface area contributed by atoms with Gasteiger partial charge in [-0.25, -0.2) is 0 Å². The number of amides is 1. The molecule has 0 aliphatic carbocycles. The molecule has 0 bridgehead atoms. The van der Waals surface area contributed by atoms with E-state index in [0.29, 0.717) is 19.6 Å². The van der Waals surface area contributed by atoms with Gasteiger partial charge in [-0.1, -0.05) is 0 Å². The maximum Gasteiger partial charge on any atom is 0.237 e. The Morgan fingerprint density at radius 3 is 3.12 bits per heavy atom. The Hall–Kier alpha value is -0.650. The van der Waals surface area contributed by atoms with Crippen LogP contribution in [0.5, 0.6) is 0 Å². The second-order valence-corrected chi connectivity index (χ2v) is 4.16. The number of ether oxygens (including phenoxy) is 2. The smallest absolute Gasteiger partial charge is 0.237 e. The van der Waals surface area contributed by atoms with E-state index in [1.165, 1.54) is 0 Å². The van der Waals surface area contributed by atoms with Gasteiger partial charge in [0.05, 0.1) is 18.7 Å². The summed E-state index contributed by atoms with van der Waals surface area (Å²) in [7, 11) is 1.64. The number of hydrogen-bond acceptors (Lipinski definition) is 4. The standard InChI is InChI=1S/C11H22N2O3/c1-15-6-3-5-10(12)11(14)13-9-4-2-7-16-8-9/h9-10H,2-8,12H2,1H3,(H,13,14). The van der Waals surface area contributed by atoms with Crippen molar-refractivity contribution < 1.29 is 14.3 Å². The maximum atomic E-state index is 11.7. The summed E-state index contributed by atoms with van der Waals surface area (Å²) < 4.78 is 10.2. The van der Waals surface area contributed by atoms with Crippen molar-refractivity contribution in [2.75, 3.05) is 26.9 Å². The van der Waals surface area contributed by atoms with Gasteiger partial charge in [-0.05, 0) is 25.7 Å². The first-order chi connectivity index (χ1) is 7.74. The van der Waals surface area contributed by atoms with Crippen molar-refractivity contribution in [3.63, 3.8) is 0 Å². The molecule has 1 aliphatic heterocycles. The molecule has 1 saturated heterocycles. The predicted octanol–water partition coefficient (Wildman–Crippen LogP) is 0.0355. The van der Waals surface area contributed by atoms with Gasteiger partial charge in [0.15, 0.2) is 0 Å². The second-order valence-electron chi connectivity index (χ2n) is 4.16. The van der Waals surface area contributed by atoms with Gasteiger partial charge in [0.2, 0.25) is 5.91 Å². The van der Waals surface area contributed by atoms with Crippen LogP contribution in [-0.2, 0) is 14.3 Å². The number of carbonyl (C=O) groups excluding carboxylic acids is 1. The monoisotopic (exact) mass is 230 g/mol. The Morgan fingerprint density at radius 2 is 2.50 bits per heavy atom. The number of rotatable bonds is 6. The topological polar surface area (TPSA) is 73.6 Å². The zero-order valence-electron chi connectivity index (χ0n) is 9.91. The van der Waals surface area contributed by atoms with Crippen molar-refractivity contribution in [2.24, 2.45) is 5.73 Å². The van der Waals surface area contributed by atoms with Crippen molar-refractivity contribution in [3.05, 3.63) is 0 Å². The molecular weight excluding hydrogens is 208 g/mol. The second kappa shape index (κ2) is 7.60. The summed E-state index contributed by atoms with van der Waals surface area (Å²) in [5, 5.41) is 2.92. The summed E-state index contributed by atoms with van der Waals surface area (Å²) >= 11 is 0. The van der Waals surface area contributed by atoms with E-state index in [4.69, 9.17) is 15.2 Å². The van der Waals surface area contributed by atoms with Crippen molar-refractivity contribution in [3.8, 4) is 0 Å². The Balaban J connectivity index is 2.16. The van der Waals surface area contributed by atoms with Crippen LogP contribution in [0.4, 0.5) is 0 Å². The molecule has 1 aliphatic rings.